The van der Waals surface area contributed by atoms with E-state index < -0.39 is 12.0 Å². The van der Waals surface area contributed by atoms with Crippen molar-refractivity contribution in [3.63, 3.8) is 0 Å². The van der Waals surface area contributed by atoms with Gasteiger partial charge in [0.25, 0.3) is 5.56 Å². The van der Waals surface area contributed by atoms with Gasteiger partial charge in [-0.25, -0.2) is 9.78 Å². The molecular formula is C20H22N2O4S. The zero-order valence-electron chi connectivity index (χ0n) is 15.8. The number of carbonyl (C=O) groups excluding carboxylic acids is 1. The third-order valence-corrected chi connectivity index (χ3v) is 5.33. The number of rotatable bonds is 6. The van der Waals surface area contributed by atoms with E-state index in [-0.39, 0.29) is 12.2 Å². The maximum atomic E-state index is 13.2. The smallest absolute Gasteiger partial charge is 0.328 e. The lowest BCUT2D eigenvalue weighted by atomic mass is 10.0. The molecule has 27 heavy (non-hydrogen) atoms. The minimum Gasteiger partial charge on any atom is -0.494 e. The molecule has 0 aliphatic carbocycles. The van der Waals surface area contributed by atoms with E-state index >= 15 is 0 Å². The van der Waals surface area contributed by atoms with Crippen molar-refractivity contribution in [2.75, 3.05) is 13.2 Å². The fourth-order valence-electron chi connectivity index (χ4n) is 3.00. The molecule has 0 aliphatic heterocycles. The number of fused-ring (bicyclic) bond motifs is 1. The second kappa shape index (κ2) is 7.92. The largest absolute Gasteiger partial charge is 0.494 e. The van der Waals surface area contributed by atoms with Crippen LogP contribution in [0.2, 0.25) is 0 Å². The summed E-state index contributed by atoms with van der Waals surface area (Å²) in [7, 11) is 0. The Balaban J connectivity index is 2.13. The van der Waals surface area contributed by atoms with Crippen LogP contribution >= 0.6 is 11.3 Å². The Morgan fingerprint density at radius 3 is 2.56 bits per heavy atom. The van der Waals surface area contributed by atoms with Crippen LogP contribution in [-0.2, 0) is 9.53 Å². The molecule has 2 heterocycles. The molecule has 0 saturated carbocycles. The van der Waals surface area contributed by atoms with Crippen molar-refractivity contribution >= 4 is 27.5 Å². The van der Waals surface area contributed by atoms with Crippen LogP contribution in [0.15, 0.2) is 35.4 Å². The van der Waals surface area contributed by atoms with Crippen molar-refractivity contribution < 1.29 is 14.3 Å². The minimum absolute atomic E-state index is 0.242. The van der Waals surface area contributed by atoms with Gasteiger partial charge in [0, 0.05) is 10.4 Å². The first kappa shape index (κ1) is 19.1. The van der Waals surface area contributed by atoms with Crippen LogP contribution in [0.3, 0.4) is 0 Å². The van der Waals surface area contributed by atoms with Crippen molar-refractivity contribution in [3.05, 3.63) is 45.8 Å². The molecule has 1 aromatic carbocycles. The number of hydrogen-bond donors (Lipinski definition) is 0. The first-order valence-electron chi connectivity index (χ1n) is 8.88. The number of thiophene rings is 1. The van der Waals surface area contributed by atoms with Crippen LogP contribution in [0.1, 0.15) is 31.7 Å². The van der Waals surface area contributed by atoms with E-state index in [0.717, 1.165) is 21.8 Å². The quantitative estimate of drug-likeness (QED) is 0.600. The molecule has 6 nitrogen and oxygen atoms in total. The van der Waals surface area contributed by atoms with Crippen molar-refractivity contribution in [1.29, 1.82) is 0 Å². The average molecular weight is 386 g/mol. The van der Waals surface area contributed by atoms with Crippen molar-refractivity contribution in [1.82, 2.24) is 9.55 Å². The van der Waals surface area contributed by atoms with E-state index in [1.54, 1.807) is 13.8 Å². The number of aryl methyl sites for hydroxylation is 1. The van der Waals surface area contributed by atoms with Crippen LogP contribution in [0, 0.1) is 6.92 Å². The molecule has 2 aromatic heterocycles. The zero-order chi connectivity index (χ0) is 19.6. The van der Waals surface area contributed by atoms with E-state index in [1.807, 2.05) is 38.1 Å². The molecule has 142 valence electrons. The zero-order valence-corrected chi connectivity index (χ0v) is 16.6. The van der Waals surface area contributed by atoms with E-state index in [0.29, 0.717) is 16.8 Å². The number of benzene rings is 1. The van der Waals surface area contributed by atoms with E-state index in [4.69, 9.17) is 9.47 Å². The minimum atomic E-state index is -0.734. The second-order valence-electron chi connectivity index (χ2n) is 6.06. The van der Waals surface area contributed by atoms with E-state index in [1.165, 1.54) is 22.2 Å². The van der Waals surface area contributed by atoms with E-state index in [9.17, 15) is 9.59 Å². The fourth-order valence-corrected chi connectivity index (χ4v) is 4.00. The van der Waals surface area contributed by atoms with Crippen LogP contribution < -0.4 is 10.3 Å². The molecule has 0 fully saturated rings. The van der Waals surface area contributed by atoms with Gasteiger partial charge in [0.2, 0.25) is 0 Å². The van der Waals surface area contributed by atoms with Gasteiger partial charge in [0.15, 0.2) is 0 Å². The lowest BCUT2D eigenvalue weighted by molar-refractivity contribution is -0.146. The molecule has 1 atom stereocenters. The molecule has 0 saturated heterocycles. The average Bonchev–Trinajstić information content (AvgIpc) is 2.99. The maximum absolute atomic E-state index is 13.2. The molecule has 0 spiro atoms. The van der Waals surface area contributed by atoms with Crippen LogP contribution in [0.4, 0.5) is 0 Å². The van der Waals surface area contributed by atoms with Gasteiger partial charge in [-0.15, -0.1) is 11.3 Å². The summed E-state index contributed by atoms with van der Waals surface area (Å²) < 4.78 is 11.9. The van der Waals surface area contributed by atoms with Crippen LogP contribution in [0.25, 0.3) is 21.3 Å². The summed E-state index contributed by atoms with van der Waals surface area (Å²) in [6.07, 6.45) is 1.42. The SMILES string of the molecule is CCOC(=O)[C@H](C)n1cnc2sc(C)c(-c3ccc(OCC)cc3)c2c1=O. The molecule has 3 aromatic rings. The number of aromatic nitrogens is 2. The summed E-state index contributed by atoms with van der Waals surface area (Å²) in [5.41, 5.74) is 1.53. The van der Waals surface area contributed by atoms with Gasteiger partial charge in [-0.05, 0) is 45.4 Å². The van der Waals surface area contributed by atoms with Crippen LogP contribution in [0.5, 0.6) is 5.75 Å². The topological polar surface area (TPSA) is 70.4 Å². The first-order valence-corrected chi connectivity index (χ1v) is 9.69. The van der Waals surface area contributed by atoms with Gasteiger partial charge in [0.05, 0.1) is 24.9 Å². The lowest BCUT2D eigenvalue weighted by Crippen LogP contribution is -2.29. The third-order valence-electron chi connectivity index (χ3n) is 4.31. The van der Waals surface area contributed by atoms with Gasteiger partial charge in [-0.3, -0.25) is 9.36 Å². The summed E-state index contributed by atoms with van der Waals surface area (Å²) in [5, 5.41) is 0.528. The molecule has 0 unspecified atom stereocenters. The Morgan fingerprint density at radius 1 is 1.22 bits per heavy atom. The second-order valence-corrected chi connectivity index (χ2v) is 7.26. The highest BCUT2D eigenvalue weighted by atomic mass is 32.1. The predicted molar refractivity (Wildman–Crippen MR) is 107 cm³/mol. The van der Waals surface area contributed by atoms with Gasteiger partial charge >= 0.3 is 5.97 Å². The molecule has 0 bridgehead atoms. The highest BCUT2D eigenvalue weighted by molar-refractivity contribution is 7.19. The summed E-state index contributed by atoms with van der Waals surface area (Å²) in [5.74, 6) is 0.334. The molecule has 0 aliphatic rings. The first-order chi connectivity index (χ1) is 13.0. The Hall–Kier alpha value is -2.67. The van der Waals surface area contributed by atoms with Crippen LogP contribution in [-0.4, -0.2) is 28.7 Å². The number of ether oxygens (including phenoxy) is 2. The van der Waals surface area contributed by atoms with E-state index in [2.05, 4.69) is 4.98 Å². The molecular weight excluding hydrogens is 364 g/mol. The number of nitrogens with zero attached hydrogens (tertiary/aromatic N) is 2. The third kappa shape index (κ3) is 3.60. The Morgan fingerprint density at radius 2 is 1.93 bits per heavy atom. The van der Waals surface area contributed by atoms with Gasteiger partial charge in [-0.2, -0.15) is 0 Å². The Kier molecular flexibility index (Phi) is 5.60. The van der Waals surface area contributed by atoms with Crippen molar-refractivity contribution in [2.24, 2.45) is 0 Å². The predicted octanol–water partition coefficient (Wildman–Crippen LogP) is 3.96. The summed E-state index contributed by atoms with van der Waals surface area (Å²) in [4.78, 5) is 31.3. The molecule has 0 N–H and O–H groups in total. The van der Waals surface area contributed by atoms with Gasteiger partial charge in [0.1, 0.15) is 16.6 Å². The fraction of sp³-hybridized carbons (Fsp3) is 0.350. The Bertz CT molecular complexity index is 1020. The molecule has 3 rings (SSSR count). The number of carbonyl (C=O) groups is 1. The highest BCUT2D eigenvalue weighted by Crippen LogP contribution is 2.36. The normalized spacial score (nSPS) is 12.1. The summed E-state index contributed by atoms with van der Waals surface area (Å²) in [6, 6.07) is 6.91. The maximum Gasteiger partial charge on any atom is 0.328 e. The summed E-state index contributed by atoms with van der Waals surface area (Å²) in [6.45, 7) is 8.15. The monoisotopic (exact) mass is 386 g/mol. The molecule has 0 amide bonds. The standard InChI is InChI=1S/C20H22N2O4S/c1-5-25-15-9-7-14(8-10-15)16-13(4)27-18-17(16)19(23)22(11-21-18)12(3)20(24)26-6-2/h7-12H,5-6H2,1-4H3/t12-/m0/s1. The number of esters is 1. The summed E-state index contributed by atoms with van der Waals surface area (Å²) >= 11 is 1.47. The van der Waals surface area contributed by atoms with Crippen molar-refractivity contribution in [3.8, 4) is 16.9 Å². The number of hydrogen-bond acceptors (Lipinski definition) is 6. The van der Waals surface area contributed by atoms with Gasteiger partial charge < -0.3 is 9.47 Å². The highest BCUT2D eigenvalue weighted by Gasteiger charge is 2.22. The van der Waals surface area contributed by atoms with Gasteiger partial charge in [-0.1, -0.05) is 12.1 Å². The molecule has 7 heteroatoms. The lowest BCUT2D eigenvalue weighted by Gasteiger charge is -2.13. The van der Waals surface area contributed by atoms with Crippen molar-refractivity contribution in [2.45, 2.75) is 33.7 Å². The molecule has 0 radical (unpaired) electrons. The Labute approximate surface area is 161 Å².